The van der Waals surface area contributed by atoms with Crippen molar-refractivity contribution in [1.82, 2.24) is 9.97 Å². The largest absolute Gasteiger partial charge is 0.369 e. The third-order valence-electron chi connectivity index (χ3n) is 3.69. The minimum absolute atomic E-state index is 0.348. The summed E-state index contributed by atoms with van der Waals surface area (Å²) in [6.45, 7) is 4.68. The Kier molecular flexibility index (Phi) is 4.56. The Morgan fingerprint density at radius 3 is 2.50 bits per heavy atom. The van der Waals surface area contributed by atoms with Crippen molar-refractivity contribution in [2.75, 3.05) is 18.1 Å². The molecule has 1 N–H and O–H groups in total. The van der Waals surface area contributed by atoms with Gasteiger partial charge in [0.05, 0.1) is 10.3 Å². The van der Waals surface area contributed by atoms with Crippen LogP contribution in [0.3, 0.4) is 0 Å². The number of hydrogen-bond acceptors (Lipinski definition) is 6. The van der Waals surface area contributed by atoms with Crippen LogP contribution in [0.1, 0.15) is 16.3 Å². The van der Waals surface area contributed by atoms with Crippen LogP contribution in [0.25, 0.3) is 10.2 Å². The maximum Gasteiger partial charge on any atom is 0.175 e. The molecule has 0 saturated carbocycles. The molecule has 1 aromatic carbocycles. The molecule has 2 heterocycles. The van der Waals surface area contributed by atoms with Gasteiger partial charge in [-0.3, -0.25) is 0 Å². The summed E-state index contributed by atoms with van der Waals surface area (Å²) in [6, 6.07) is 9.11. The molecule has 5 nitrogen and oxygen atoms in total. The van der Waals surface area contributed by atoms with Crippen molar-refractivity contribution >= 4 is 37.2 Å². The first-order valence-corrected chi connectivity index (χ1v) is 10.3. The van der Waals surface area contributed by atoms with Crippen LogP contribution in [0.15, 0.2) is 35.2 Å². The third kappa shape index (κ3) is 3.73. The van der Waals surface area contributed by atoms with Gasteiger partial charge in [0.1, 0.15) is 16.5 Å². The second-order valence-electron chi connectivity index (χ2n) is 5.79. The Bertz CT molecular complexity index is 977. The molecule has 0 atom stereocenters. The predicted octanol–water partition coefficient (Wildman–Crippen LogP) is 3.37. The third-order valence-corrected chi connectivity index (χ3v) is 5.76. The highest BCUT2D eigenvalue weighted by atomic mass is 32.2. The van der Waals surface area contributed by atoms with Crippen LogP contribution < -0.4 is 5.32 Å². The predicted molar refractivity (Wildman–Crippen MR) is 98.6 cm³/mol. The zero-order chi connectivity index (χ0) is 17.3. The number of nitrogens with one attached hydrogen (secondary N) is 1. The highest BCUT2D eigenvalue weighted by Crippen LogP contribution is 2.28. The van der Waals surface area contributed by atoms with E-state index < -0.39 is 9.84 Å². The molecule has 0 bridgehead atoms. The first kappa shape index (κ1) is 16.9. The van der Waals surface area contributed by atoms with E-state index in [2.05, 4.69) is 28.3 Å². The Morgan fingerprint density at radius 1 is 1.12 bits per heavy atom. The van der Waals surface area contributed by atoms with Gasteiger partial charge in [0, 0.05) is 17.7 Å². The van der Waals surface area contributed by atoms with E-state index in [0.29, 0.717) is 4.90 Å². The van der Waals surface area contributed by atoms with Gasteiger partial charge in [-0.05, 0) is 44.0 Å². The van der Waals surface area contributed by atoms with E-state index in [1.54, 1.807) is 23.5 Å². The summed E-state index contributed by atoms with van der Waals surface area (Å²) >= 11 is 1.67. The molecule has 0 amide bonds. The van der Waals surface area contributed by atoms with E-state index >= 15 is 0 Å². The molecule has 0 aliphatic heterocycles. The Morgan fingerprint density at radius 2 is 1.83 bits per heavy atom. The Hall–Kier alpha value is -1.99. The lowest BCUT2D eigenvalue weighted by Crippen LogP contribution is -2.08. The van der Waals surface area contributed by atoms with Crippen molar-refractivity contribution in [1.29, 1.82) is 0 Å². The van der Waals surface area contributed by atoms with Gasteiger partial charge >= 0.3 is 0 Å². The van der Waals surface area contributed by atoms with Crippen molar-refractivity contribution in [3.63, 3.8) is 0 Å². The average Bonchev–Trinajstić information content (AvgIpc) is 2.87. The first-order chi connectivity index (χ1) is 11.3. The summed E-state index contributed by atoms with van der Waals surface area (Å²) < 4.78 is 23.0. The van der Waals surface area contributed by atoms with E-state index in [4.69, 9.17) is 0 Å². The molecule has 3 rings (SSSR count). The number of aryl methyl sites for hydroxylation is 2. The molecule has 2 aromatic heterocycles. The SMILES string of the molecule is Cc1nc(NCCc2ccc(S(C)(=O)=O)cc2)c2cc(C)sc2n1. The fourth-order valence-corrected chi connectivity index (χ4v) is 4.07. The summed E-state index contributed by atoms with van der Waals surface area (Å²) in [7, 11) is -3.14. The summed E-state index contributed by atoms with van der Waals surface area (Å²) in [5.41, 5.74) is 1.08. The molecular formula is C17H19N3O2S2. The van der Waals surface area contributed by atoms with Crippen LogP contribution in [0.5, 0.6) is 0 Å². The van der Waals surface area contributed by atoms with Crippen molar-refractivity contribution < 1.29 is 8.42 Å². The maximum absolute atomic E-state index is 11.5. The van der Waals surface area contributed by atoms with Crippen LogP contribution in [0.2, 0.25) is 0 Å². The molecule has 0 aliphatic carbocycles. The van der Waals surface area contributed by atoms with Crippen LogP contribution in [0, 0.1) is 13.8 Å². The number of fused-ring (bicyclic) bond motifs is 1. The van der Waals surface area contributed by atoms with Gasteiger partial charge in [0.15, 0.2) is 9.84 Å². The number of benzene rings is 1. The minimum Gasteiger partial charge on any atom is -0.369 e. The van der Waals surface area contributed by atoms with Crippen molar-refractivity contribution in [3.05, 3.63) is 46.6 Å². The van der Waals surface area contributed by atoms with E-state index in [1.807, 2.05) is 19.1 Å². The van der Waals surface area contributed by atoms with E-state index in [9.17, 15) is 8.42 Å². The molecule has 3 aromatic rings. The minimum atomic E-state index is -3.14. The van der Waals surface area contributed by atoms with Crippen LogP contribution >= 0.6 is 11.3 Å². The molecule has 126 valence electrons. The number of hydrogen-bond donors (Lipinski definition) is 1. The second-order valence-corrected chi connectivity index (χ2v) is 9.04. The summed E-state index contributed by atoms with van der Waals surface area (Å²) in [5, 5.41) is 4.42. The smallest absolute Gasteiger partial charge is 0.175 e. The van der Waals surface area contributed by atoms with Crippen LogP contribution in [-0.4, -0.2) is 31.2 Å². The van der Waals surface area contributed by atoms with Crippen molar-refractivity contribution in [2.45, 2.75) is 25.2 Å². The fraction of sp³-hybridized carbons (Fsp3) is 0.294. The molecule has 7 heteroatoms. The Labute approximate surface area is 145 Å². The lowest BCUT2D eigenvalue weighted by molar-refractivity contribution is 0.602. The van der Waals surface area contributed by atoms with E-state index in [0.717, 1.165) is 40.4 Å². The normalized spacial score (nSPS) is 11.8. The number of aromatic nitrogens is 2. The molecule has 0 fully saturated rings. The van der Waals surface area contributed by atoms with E-state index in [-0.39, 0.29) is 0 Å². The topological polar surface area (TPSA) is 72.0 Å². The maximum atomic E-state index is 11.5. The zero-order valence-corrected chi connectivity index (χ0v) is 15.5. The molecule has 0 saturated heterocycles. The number of thiophene rings is 1. The molecular weight excluding hydrogens is 342 g/mol. The second kappa shape index (κ2) is 6.49. The molecule has 0 aliphatic rings. The zero-order valence-electron chi connectivity index (χ0n) is 13.8. The highest BCUT2D eigenvalue weighted by molar-refractivity contribution is 7.90. The number of anilines is 1. The Balaban J connectivity index is 1.71. The summed E-state index contributed by atoms with van der Waals surface area (Å²) in [6.07, 6.45) is 2.01. The van der Waals surface area contributed by atoms with Gasteiger partial charge in [-0.1, -0.05) is 12.1 Å². The lowest BCUT2D eigenvalue weighted by Gasteiger charge is -2.08. The van der Waals surface area contributed by atoms with Gasteiger partial charge < -0.3 is 5.32 Å². The van der Waals surface area contributed by atoms with Gasteiger partial charge in [-0.25, -0.2) is 18.4 Å². The number of nitrogens with zero attached hydrogens (tertiary/aromatic N) is 2. The summed E-state index contributed by atoms with van der Waals surface area (Å²) in [4.78, 5) is 11.5. The average molecular weight is 361 g/mol. The van der Waals surface area contributed by atoms with Gasteiger partial charge in [-0.15, -0.1) is 11.3 Å². The number of sulfone groups is 1. The fourth-order valence-electron chi connectivity index (χ4n) is 2.51. The lowest BCUT2D eigenvalue weighted by atomic mass is 10.1. The monoisotopic (exact) mass is 361 g/mol. The first-order valence-electron chi connectivity index (χ1n) is 7.60. The molecule has 24 heavy (non-hydrogen) atoms. The van der Waals surface area contributed by atoms with E-state index in [1.165, 1.54) is 11.1 Å². The van der Waals surface area contributed by atoms with Crippen molar-refractivity contribution in [2.24, 2.45) is 0 Å². The number of rotatable bonds is 5. The molecule has 0 spiro atoms. The molecule has 0 radical (unpaired) electrons. The van der Waals surface area contributed by atoms with Crippen LogP contribution in [0.4, 0.5) is 5.82 Å². The van der Waals surface area contributed by atoms with Gasteiger partial charge in [0.25, 0.3) is 0 Å². The quantitative estimate of drug-likeness (QED) is 0.754. The van der Waals surface area contributed by atoms with Crippen molar-refractivity contribution in [3.8, 4) is 0 Å². The van der Waals surface area contributed by atoms with Crippen LogP contribution in [-0.2, 0) is 16.3 Å². The highest BCUT2D eigenvalue weighted by Gasteiger charge is 2.09. The van der Waals surface area contributed by atoms with Gasteiger partial charge in [0.2, 0.25) is 0 Å². The van der Waals surface area contributed by atoms with Gasteiger partial charge in [-0.2, -0.15) is 0 Å². The molecule has 0 unspecified atom stereocenters. The standard InChI is InChI=1S/C17H19N3O2S2/c1-11-10-15-16(19-12(2)20-17(15)23-11)18-9-8-13-4-6-14(7-5-13)24(3,21)22/h4-7,10H,8-9H2,1-3H3,(H,18,19,20). The summed E-state index contributed by atoms with van der Waals surface area (Å²) in [5.74, 6) is 1.61.